The summed E-state index contributed by atoms with van der Waals surface area (Å²) in [6.45, 7) is 0.281. The Morgan fingerprint density at radius 1 is 1.26 bits per heavy atom. The van der Waals surface area contributed by atoms with Gasteiger partial charge in [0.25, 0.3) is 5.91 Å². The van der Waals surface area contributed by atoms with Crippen LogP contribution >= 0.6 is 0 Å². The number of alkyl halides is 1. The Morgan fingerprint density at radius 2 is 2.06 bits per heavy atom. The Labute approximate surface area is 177 Å². The quantitative estimate of drug-likeness (QED) is 0.602. The average Bonchev–Trinajstić information content (AvgIpc) is 2.76. The van der Waals surface area contributed by atoms with Crippen LogP contribution in [0.25, 0.3) is 11.3 Å². The minimum absolute atomic E-state index is 0.196. The molecule has 0 unspecified atom stereocenters. The van der Waals surface area contributed by atoms with Gasteiger partial charge in [0.2, 0.25) is 0 Å². The number of primary amides is 1. The highest BCUT2D eigenvalue weighted by molar-refractivity contribution is 5.96. The van der Waals surface area contributed by atoms with Crippen LogP contribution in [0.5, 0.6) is 5.75 Å². The van der Waals surface area contributed by atoms with E-state index in [0.29, 0.717) is 22.8 Å². The number of anilines is 1. The summed E-state index contributed by atoms with van der Waals surface area (Å²) in [4.78, 5) is 15.8. The van der Waals surface area contributed by atoms with Gasteiger partial charge in [0, 0.05) is 23.7 Å². The molecule has 0 atom stereocenters. The summed E-state index contributed by atoms with van der Waals surface area (Å²) in [6, 6.07) is 11.3. The highest BCUT2D eigenvalue weighted by Crippen LogP contribution is 2.45. The molecule has 7 nitrogen and oxygen atoms in total. The molecule has 1 fully saturated rings. The molecule has 1 aliphatic carbocycles. The predicted molar refractivity (Wildman–Crippen MR) is 111 cm³/mol. The first-order valence-corrected chi connectivity index (χ1v) is 9.73. The first kappa shape index (κ1) is 20.6. The third-order valence-corrected chi connectivity index (χ3v) is 5.52. The standard InChI is InChI=1S/C22H21F2N5O2/c1-31-18-6-4-13(9-15(18)21(25)30)17-5-7-19(29-28-17)27-12-22(10-14(23)11-22)20-16(24)3-2-8-26-20/h2-9,14H,10-12H2,1H3,(H2,25,30)(H,27,29). The van der Waals surface area contributed by atoms with Crippen molar-refractivity contribution in [3.05, 3.63) is 65.7 Å². The minimum Gasteiger partial charge on any atom is -0.496 e. The number of pyridine rings is 1. The Bertz CT molecular complexity index is 1100. The maximum absolute atomic E-state index is 14.3. The van der Waals surface area contributed by atoms with E-state index in [4.69, 9.17) is 10.5 Å². The third kappa shape index (κ3) is 4.03. The van der Waals surface area contributed by atoms with Crippen LogP contribution in [0.2, 0.25) is 0 Å². The van der Waals surface area contributed by atoms with Crippen LogP contribution in [0.4, 0.5) is 14.6 Å². The van der Waals surface area contributed by atoms with Crippen molar-refractivity contribution in [2.75, 3.05) is 19.0 Å². The fraction of sp³-hybridized carbons (Fsp3) is 0.273. The fourth-order valence-corrected chi connectivity index (χ4v) is 3.89. The number of halogens is 2. The minimum atomic E-state index is -0.980. The van der Waals surface area contributed by atoms with E-state index in [1.54, 1.807) is 30.3 Å². The number of carbonyl (C=O) groups excluding carboxylic acids is 1. The zero-order valence-corrected chi connectivity index (χ0v) is 16.8. The Hall–Kier alpha value is -3.62. The van der Waals surface area contributed by atoms with Crippen molar-refractivity contribution < 1.29 is 18.3 Å². The highest BCUT2D eigenvalue weighted by Gasteiger charge is 2.48. The van der Waals surface area contributed by atoms with Crippen molar-refractivity contribution in [3.8, 4) is 17.0 Å². The fourth-order valence-electron chi connectivity index (χ4n) is 3.89. The van der Waals surface area contributed by atoms with Gasteiger partial charge in [-0.15, -0.1) is 10.2 Å². The number of ether oxygens (including phenoxy) is 1. The molecular formula is C22H21F2N5O2. The number of carbonyl (C=O) groups is 1. The van der Waals surface area contributed by atoms with Gasteiger partial charge >= 0.3 is 0 Å². The number of nitrogens with zero attached hydrogens (tertiary/aromatic N) is 3. The molecule has 1 saturated carbocycles. The van der Waals surface area contributed by atoms with Crippen LogP contribution in [0.3, 0.4) is 0 Å². The molecule has 1 aromatic carbocycles. The zero-order chi connectivity index (χ0) is 22.0. The number of nitrogens with two attached hydrogens (primary N) is 1. The van der Waals surface area contributed by atoms with Gasteiger partial charge in [-0.1, -0.05) is 0 Å². The van der Waals surface area contributed by atoms with Crippen molar-refractivity contribution in [2.24, 2.45) is 5.73 Å². The topological polar surface area (TPSA) is 103 Å². The zero-order valence-electron chi connectivity index (χ0n) is 16.8. The second kappa shape index (κ2) is 8.25. The molecule has 0 spiro atoms. The second-order valence-corrected chi connectivity index (χ2v) is 7.56. The van der Waals surface area contributed by atoms with Crippen molar-refractivity contribution in [2.45, 2.75) is 24.4 Å². The largest absolute Gasteiger partial charge is 0.496 e. The van der Waals surface area contributed by atoms with Gasteiger partial charge in [-0.2, -0.15) is 0 Å². The maximum atomic E-state index is 14.3. The molecule has 3 N–H and O–H groups in total. The number of benzene rings is 1. The number of hydrogen-bond donors (Lipinski definition) is 2. The summed E-state index contributed by atoms with van der Waals surface area (Å²) < 4.78 is 33.1. The van der Waals surface area contributed by atoms with Gasteiger partial charge < -0.3 is 15.8 Å². The van der Waals surface area contributed by atoms with Gasteiger partial charge in [-0.25, -0.2) is 8.78 Å². The van der Waals surface area contributed by atoms with Gasteiger partial charge in [0.15, 0.2) is 0 Å². The molecule has 2 aromatic heterocycles. The molecule has 3 aromatic rings. The van der Waals surface area contributed by atoms with Gasteiger partial charge in [0.05, 0.1) is 24.1 Å². The monoisotopic (exact) mass is 425 g/mol. The first-order chi connectivity index (χ1) is 14.9. The van der Waals surface area contributed by atoms with Gasteiger partial charge in [0.1, 0.15) is 23.6 Å². The Morgan fingerprint density at radius 3 is 2.68 bits per heavy atom. The molecule has 0 aliphatic heterocycles. The Balaban J connectivity index is 1.51. The number of hydrogen-bond acceptors (Lipinski definition) is 6. The van der Waals surface area contributed by atoms with E-state index in [9.17, 15) is 13.6 Å². The van der Waals surface area contributed by atoms with Crippen LogP contribution < -0.4 is 15.8 Å². The lowest BCUT2D eigenvalue weighted by molar-refractivity contribution is 0.0963. The molecule has 0 bridgehead atoms. The number of rotatable bonds is 7. The third-order valence-electron chi connectivity index (χ3n) is 5.52. The van der Waals surface area contributed by atoms with E-state index >= 15 is 0 Å². The molecule has 0 radical (unpaired) electrons. The maximum Gasteiger partial charge on any atom is 0.252 e. The van der Waals surface area contributed by atoms with Crippen molar-refractivity contribution in [1.29, 1.82) is 0 Å². The summed E-state index contributed by atoms with van der Waals surface area (Å²) in [5.74, 6) is -0.210. The molecule has 9 heteroatoms. The lowest BCUT2D eigenvalue weighted by Gasteiger charge is -2.44. The summed E-state index contributed by atoms with van der Waals surface area (Å²) in [5.41, 5.74) is 6.38. The molecule has 4 rings (SSSR count). The van der Waals surface area contributed by atoms with E-state index in [-0.39, 0.29) is 30.6 Å². The van der Waals surface area contributed by atoms with E-state index in [1.165, 1.54) is 25.4 Å². The highest BCUT2D eigenvalue weighted by atomic mass is 19.1. The first-order valence-electron chi connectivity index (χ1n) is 9.73. The van der Waals surface area contributed by atoms with Gasteiger partial charge in [-0.3, -0.25) is 9.78 Å². The summed E-state index contributed by atoms with van der Waals surface area (Å²) >= 11 is 0. The molecule has 2 heterocycles. The van der Waals surface area contributed by atoms with E-state index in [1.807, 2.05) is 0 Å². The molecule has 1 amide bonds. The van der Waals surface area contributed by atoms with Crippen LogP contribution in [-0.2, 0) is 5.41 Å². The summed E-state index contributed by atoms with van der Waals surface area (Å²) in [6.07, 6.45) is 0.920. The molecule has 0 saturated heterocycles. The van der Waals surface area contributed by atoms with Crippen LogP contribution in [-0.4, -0.2) is 40.9 Å². The molecule has 31 heavy (non-hydrogen) atoms. The van der Waals surface area contributed by atoms with E-state index < -0.39 is 23.3 Å². The van der Waals surface area contributed by atoms with Crippen molar-refractivity contribution in [1.82, 2.24) is 15.2 Å². The smallest absolute Gasteiger partial charge is 0.252 e. The SMILES string of the molecule is COc1ccc(-c2ccc(NCC3(c4ncccc4F)CC(F)C3)nn2)cc1C(N)=O. The molecule has 160 valence electrons. The van der Waals surface area contributed by atoms with E-state index in [2.05, 4.69) is 20.5 Å². The van der Waals surface area contributed by atoms with Crippen molar-refractivity contribution >= 4 is 11.7 Å². The lowest BCUT2D eigenvalue weighted by atomic mass is 9.65. The lowest BCUT2D eigenvalue weighted by Crippen LogP contribution is -2.49. The van der Waals surface area contributed by atoms with Crippen LogP contribution in [0.15, 0.2) is 48.7 Å². The number of nitrogens with one attached hydrogen (secondary N) is 1. The van der Waals surface area contributed by atoms with Gasteiger partial charge in [-0.05, 0) is 55.3 Å². The molecule has 1 aliphatic rings. The second-order valence-electron chi connectivity index (χ2n) is 7.56. The van der Waals surface area contributed by atoms with Crippen molar-refractivity contribution in [3.63, 3.8) is 0 Å². The summed E-state index contributed by atoms with van der Waals surface area (Å²) in [7, 11) is 1.46. The normalized spacial score (nSPS) is 20.0. The van der Waals surface area contributed by atoms with Crippen LogP contribution in [0, 0.1) is 5.82 Å². The average molecular weight is 425 g/mol. The molecular weight excluding hydrogens is 404 g/mol. The predicted octanol–water partition coefficient (Wildman–Crippen LogP) is 3.27. The van der Waals surface area contributed by atoms with E-state index in [0.717, 1.165) is 0 Å². The van der Waals surface area contributed by atoms with Crippen LogP contribution in [0.1, 0.15) is 28.9 Å². The summed E-state index contributed by atoms with van der Waals surface area (Å²) in [5, 5.41) is 11.5. The Kier molecular flexibility index (Phi) is 5.50. The number of aromatic nitrogens is 3. The number of methoxy groups -OCH3 is 1. The number of amides is 1.